The van der Waals surface area contributed by atoms with Crippen LogP contribution in [0.5, 0.6) is 5.75 Å². The van der Waals surface area contributed by atoms with E-state index in [1.807, 2.05) is 12.1 Å². The molecule has 3 aromatic carbocycles. The number of rotatable bonds is 6. The van der Waals surface area contributed by atoms with Crippen molar-refractivity contribution in [2.45, 2.75) is 31.7 Å². The summed E-state index contributed by atoms with van der Waals surface area (Å²) < 4.78 is 13.3. The van der Waals surface area contributed by atoms with Crippen LogP contribution in [0.4, 0.5) is 9.18 Å². The summed E-state index contributed by atoms with van der Waals surface area (Å²) in [6.07, 6.45) is -0.573. The van der Waals surface area contributed by atoms with Crippen LogP contribution in [0.1, 0.15) is 16.7 Å². The highest BCUT2D eigenvalue weighted by Gasteiger charge is 2.50. The van der Waals surface area contributed by atoms with E-state index in [0.717, 1.165) is 11.1 Å². The number of likely N-dealkylation sites (N-methyl/N-ethyl adjacent to an activating group) is 1. The van der Waals surface area contributed by atoms with Crippen LogP contribution in [-0.4, -0.2) is 75.1 Å². The van der Waals surface area contributed by atoms with Crippen LogP contribution in [0.15, 0.2) is 72.8 Å². The summed E-state index contributed by atoms with van der Waals surface area (Å²) in [6, 6.07) is 18.2. The number of phenolic OH excluding ortho intramolecular Hbond substituents is 1. The maximum Gasteiger partial charge on any atom is 0.334 e. The molecule has 3 aromatic rings. The Hall–Kier alpha value is -4.15. The molecule has 2 aliphatic rings. The van der Waals surface area contributed by atoms with Crippen molar-refractivity contribution in [3.63, 3.8) is 0 Å². The number of urea groups is 1. The molecule has 5 rings (SSSR count). The number of piperazine rings is 1. The number of carbonyl (C=O) groups is 3. The van der Waals surface area contributed by atoms with E-state index in [-0.39, 0.29) is 56.0 Å². The van der Waals surface area contributed by atoms with Crippen molar-refractivity contribution in [1.82, 2.24) is 25.1 Å². The van der Waals surface area contributed by atoms with Gasteiger partial charge in [-0.2, -0.15) is 0 Å². The number of hydrogen-bond donors (Lipinski definition) is 2. The van der Waals surface area contributed by atoms with Gasteiger partial charge in [0.2, 0.25) is 11.8 Å². The van der Waals surface area contributed by atoms with E-state index in [2.05, 4.69) is 5.32 Å². The number of hydrogen-bond acceptors (Lipinski definition) is 5. The maximum absolute atomic E-state index is 13.9. The van der Waals surface area contributed by atoms with Gasteiger partial charge in [0, 0.05) is 31.6 Å². The number of halogens is 2. The summed E-state index contributed by atoms with van der Waals surface area (Å²) in [5, 5.41) is 16.1. The standard InChI is InChI=1S/C29H29ClFN5O4/c1-33-18-27(38)35-25(14-19-8-12-23(37)13-9-19)28(39)34(16-21-4-2-3-5-24(21)30)17-26(35)36(33)29(40)32-15-20-6-10-22(31)11-7-20/h2-13,25-26,37H,14-18H2,1H3,(H,32,40)/t25?,26-/m0/s1. The summed E-state index contributed by atoms with van der Waals surface area (Å²) in [5.41, 5.74) is 2.22. The van der Waals surface area contributed by atoms with Crippen molar-refractivity contribution < 1.29 is 23.9 Å². The van der Waals surface area contributed by atoms with E-state index < -0.39 is 18.2 Å². The molecule has 2 fully saturated rings. The molecule has 9 nitrogen and oxygen atoms in total. The lowest BCUT2D eigenvalue weighted by Crippen LogP contribution is -2.76. The number of benzene rings is 3. The van der Waals surface area contributed by atoms with E-state index in [1.54, 1.807) is 53.4 Å². The van der Waals surface area contributed by atoms with E-state index in [4.69, 9.17) is 11.6 Å². The average Bonchev–Trinajstić information content (AvgIpc) is 2.93. The predicted molar refractivity (Wildman–Crippen MR) is 146 cm³/mol. The first-order valence-corrected chi connectivity index (χ1v) is 13.2. The molecule has 2 heterocycles. The van der Waals surface area contributed by atoms with Crippen LogP contribution >= 0.6 is 11.6 Å². The molecule has 4 amide bonds. The van der Waals surface area contributed by atoms with Crippen molar-refractivity contribution in [2.24, 2.45) is 0 Å². The van der Waals surface area contributed by atoms with Crippen molar-refractivity contribution in [3.05, 3.63) is 100 Å². The molecular weight excluding hydrogens is 537 g/mol. The number of nitrogens with one attached hydrogen (secondary N) is 1. The number of amides is 4. The first-order valence-electron chi connectivity index (χ1n) is 12.8. The zero-order valence-electron chi connectivity index (χ0n) is 21.8. The number of aromatic hydroxyl groups is 1. The third-order valence-electron chi connectivity index (χ3n) is 7.19. The number of hydrazine groups is 1. The molecular formula is C29H29ClFN5O4. The molecule has 2 atom stereocenters. The Morgan fingerprint density at radius 3 is 2.40 bits per heavy atom. The monoisotopic (exact) mass is 565 g/mol. The molecule has 1 unspecified atom stereocenters. The molecule has 0 aromatic heterocycles. The van der Waals surface area contributed by atoms with Crippen LogP contribution in [0.25, 0.3) is 0 Å². The summed E-state index contributed by atoms with van der Waals surface area (Å²) in [5.74, 6) is -0.805. The van der Waals surface area contributed by atoms with Gasteiger partial charge in [-0.3, -0.25) is 9.59 Å². The van der Waals surface area contributed by atoms with Gasteiger partial charge in [0.05, 0.1) is 13.1 Å². The smallest absolute Gasteiger partial charge is 0.334 e. The zero-order valence-corrected chi connectivity index (χ0v) is 22.6. The molecule has 2 N–H and O–H groups in total. The molecule has 0 radical (unpaired) electrons. The van der Waals surface area contributed by atoms with Crippen molar-refractivity contribution in [2.75, 3.05) is 20.1 Å². The minimum Gasteiger partial charge on any atom is -0.508 e. The van der Waals surface area contributed by atoms with Crippen LogP contribution in [0, 0.1) is 5.82 Å². The lowest BCUT2D eigenvalue weighted by molar-refractivity contribution is -0.187. The summed E-state index contributed by atoms with van der Waals surface area (Å²) in [4.78, 5) is 43.9. The summed E-state index contributed by atoms with van der Waals surface area (Å²) in [7, 11) is 1.65. The third kappa shape index (κ3) is 5.73. The van der Waals surface area contributed by atoms with Crippen molar-refractivity contribution in [3.8, 4) is 5.75 Å². The van der Waals surface area contributed by atoms with E-state index in [9.17, 15) is 23.9 Å². The maximum atomic E-state index is 13.9. The van der Waals surface area contributed by atoms with Crippen LogP contribution in [0.2, 0.25) is 5.02 Å². The normalized spacial score (nSPS) is 19.5. The van der Waals surface area contributed by atoms with Crippen LogP contribution in [0.3, 0.4) is 0 Å². The molecule has 0 spiro atoms. The molecule has 2 saturated heterocycles. The van der Waals surface area contributed by atoms with E-state index in [0.29, 0.717) is 10.6 Å². The molecule has 0 bridgehead atoms. The predicted octanol–water partition coefficient (Wildman–Crippen LogP) is 3.37. The molecule has 11 heteroatoms. The van der Waals surface area contributed by atoms with Gasteiger partial charge < -0.3 is 20.2 Å². The molecule has 0 aliphatic carbocycles. The lowest BCUT2D eigenvalue weighted by atomic mass is 9.98. The fourth-order valence-corrected chi connectivity index (χ4v) is 5.39. The Balaban J connectivity index is 1.45. The number of carbonyl (C=O) groups excluding carboxylic acids is 3. The van der Waals surface area contributed by atoms with Crippen molar-refractivity contribution in [1.29, 1.82) is 0 Å². The molecule has 0 saturated carbocycles. The van der Waals surface area contributed by atoms with E-state index >= 15 is 0 Å². The Bertz CT molecular complexity index is 1400. The molecule has 40 heavy (non-hydrogen) atoms. The molecule has 208 valence electrons. The Labute approximate surface area is 236 Å². The second-order valence-electron chi connectivity index (χ2n) is 9.92. The second-order valence-corrected chi connectivity index (χ2v) is 10.3. The quantitative estimate of drug-likeness (QED) is 0.478. The van der Waals surface area contributed by atoms with Gasteiger partial charge in [-0.15, -0.1) is 0 Å². The van der Waals surface area contributed by atoms with Crippen molar-refractivity contribution >= 4 is 29.4 Å². The third-order valence-corrected chi connectivity index (χ3v) is 7.56. The fourth-order valence-electron chi connectivity index (χ4n) is 5.20. The van der Waals surface area contributed by atoms with E-state index in [1.165, 1.54) is 34.2 Å². The highest BCUT2D eigenvalue weighted by atomic mass is 35.5. The number of fused-ring (bicyclic) bond motifs is 1. The highest BCUT2D eigenvalue weighted by molar-refractivity contribution is 6.31. The van der Waals surface area contributed by atoms with Gasteiger partial charge in [0.25, 0.3) is 0 Å². The minimum absolute atomic E-state index is 0.0795. The topological polar surface area (TPSA) is 96.4 Å². The SMILES string of the molecule is CN1CC(=O)N2C(Cc3ccc(O)cc3)C(=O)N(Cc3ccccc3Cl)C[C@@H]2N1C(=O)NCc1ccc(F)cc1. The van der Waals surface area contributed by atoms with Gasteiger partial charge in [0.15, 0.2) is 0 Å². The Morgan fingerprint density at radius 2 is 1.70 bits per heavy atom. The van der Waals surface area contributed by atoms with Gasteiger partial charge in [0.1, 0.15) is 23.8 Å². The summed E-state index contributed by atoms with van der Waals surface area (Å²) in [6.45, 7) is 0.349. The number of phenols is 1. The van der Waals surface area contributed by atoms with Gasteiger partial charge in [-0.05, 0) is 47.0 Å². The Kier molecular flexibility index (Phi) is 7.90. The van der Waals surface area contributed by atoms with Gasteiger partial charge in [-0.25, -0.2) is 19.2 Å². The highest BCUT2D eigenvalue weighted by Crippen LogP contribution is 2.30. The average molecular weight is 566 g/mol. The zero-order chi connectivity index (χ0) is 28.4. The van der Waals surface area contributed by atoms with Crippen LogP contribution in [-0.2, 0) is 29.1 Å². The fraction of sp³-hybridized carbons (Fsp3) is 0.276. The minimum atomic E-state index is -0.876. The first-order chi connectivity index (χ1) is 19.2. The first kappa shape index (κ1) is 27.4. The summed E-state index contributed by atoms with van der Waals surface area (Å²) >= 11 is 6.41. The molecule has 2 aliphatic heterocycles. The van der Waals surface area contributed by atoms with Crippen LogP contribution < -0.4 is 5.32 Å². The lowest BCUT2D eigenvalue weighted by Gasteiger charge is -2.54. The van der Waals surface area contributed by atoms with Gasteiger partial charge in [-0.1, -0.05) is 54.1 Å². The second kappa shape index (κ2) is 11.5. The number of nitrogens with zero attached hydrogens (tertiary/aromatic N) is 4. The Morgan fingerprint density at radius 1 is 1.02 bits per heavy atom. The van der Waals surface area contributed by atoms with Gasteiger partial charge >= 0.3 is 6.03 Å². The largest absolute Gasteiger partial charge is 0.508 e.